The number of likely N-dealkylation sites (tertiary alicyclic amines) is 1. The third-order valence-electron chi connectivity index (χ3n) is 6.71. The zero-order valence-electron chi connectivity index (χ0n) is 18.1. The predicted molar refractivity (Wildman–Crippen MR) is 118 cm³/mol. The molecule has 0 aliphatic carbocycles. The van der Waals surface area contributed by atoms with Gasteiger partial charge < -0.3 is 20.0 Å². The number of carbonyl (C=O) groups is 1. The number of aliphatic hydroxyl groups excluding tert-OH is 1. The summed E-state index contributed by atoms with van der Waals surface area (Å²) in [7, 11) is 0. The molecule has 4 rings (SSSR count). The Morgan fingerprint density at radius 3 is 2.65 bits per heavy atom. The van der Waals surface area contributed by atoms with Crippen molar-refractivity contribution in [1.29, 1.82) is 0 Å². The summed E-state index contributed by atoms with van der Waals surface area (Å²) in [5.74, 6) is -0.174. The molecular formula is C25H31FN2O3. The van der Waals surface area contributed by atoms with Crippen LogP contribution in [-0.4, -0.2) is 47.2 Å². The van der Waals surface area contributed by atoms with E-state index in [9.17, 15) is 19.4 Å². The van der Waals surface area contributed by atoms with Crippen LogP contribution in [0.4, 0.5) is 10.1 Å². The van der Waals surface area contributed by atoms with Crippen LogP contribution in [0.3, 0.4) is 0 Å². The summed E-state index contributed by atoms with van der Waals surface area (Å²) in [6.45, 7) is 4.53. The number of hydrogen-bond donors (Lipinski definition) is 2. The van der Waals surface area contributed by atoms with E-state index >= 15 is 0 Å². The Morgan fingerprint density at radius 2 is 1.90 bits per heavy atom. The lowest BCUT2D eigenvalue weighted by molar-refractivity contribution is -0.118. The third-order valence-corrected chi connectivity index (χ3v) is 6.71. The fraction of sp³-hybridized carbons (Fsp3) is 0.480. The Hall–Kier alpha value is -2.28. The lowest BCUT2D eigenvalue weighted by Crippen LogP contribution is -2.32. The van der Waals surface area contributed by atoms with E-state index in [1.165, 1.54) is 12.1 Å². The van der Waals surface area contributed by atoms with Gasteiger partial charge in [0.25, 0.3) is 0 Å². The molecule has 0 bridgehead atoms. The van der Waals surface area contributed by atoms with Crippen LogP contribution in [0.25, 0.3) is 0 Å². The van der Waals surface area contributed by atoms with Crippen molar-refractivity contribution in [2.45, 2.75) is 50.7 Å². The van der Waals surface area contributed by atoms with E-state index < -0.39 is 11.7 Å². The Balaban J connectivity index is 1.40. The number of carbonyl (C=O) groups excluding carboxylic acids is 1. The zero-order valence-corrected chi connectivity index (χ0v) is 18.1. The summed E-state index contributed by atoms with van der Waals surface area (Å²) >= 11 is 0. The lowest BCUT2D eigenvalue weighted by atomic mass is 9.87. The highest BCUT2D eigenvalue weighted by atomic mass is 19.1. The molecule has 0 aromatic heterocycles. The Labute approximate surface area is 183 Å². The van der Waals surface area contributed by atoms with Crippen LogP contribution in [0.15, 0.2) is 42.5 Å². The molecule has 2 aromatic rings. The molecule has 2 aliphatic heterocycles. The maximum atomic E-state index is 13.3. The quantitative estimate of drug-likeness (QED) is 0.768. The van der Waals surface area contributed by atoms with Gasteiger partial charge >= 0.3 is 0 Å². The molecule has 2 N–H and O–H groups in total. The summed E-state index contributed by atoms with van der Waals surface area (Å²) in [5.41, 5.74) is 2.72. The number of amides is 1. The zero-order chi connectivity index (χ0) is 22.0. The molecule has 1 fully saturated rings. The van der Waals surface area contributed by atoms with Gasteiger partial charge in [0, 0.05) is 31.7 Å². The fourth-order valence-electron chi connectivity index (χ4n) is 4.84. The van der Waals surface area contributed by atoms with E-state index in [1.807, 2.05) is 30.0 Å². The van der Waals surface area contributed by atoms with Crippen LogP contribution in [0.2, 0.25) is 0 Å². The Bertz CT molecular complexity index is 933. The third kappa shape index (κ3) is 4.66. The molecule has 1 amide bonds. The molecule has 0 spiro atoms. The number of fused-ring (bicyclic) bond motifs is 1. The van der Waals surface area contributed by atoms with Crippen LogP contribution >= 0.6 is 0 Å². The largest absolute Gasteiger partial charge is 0.387 e. The van der Waals surface area contributed by atoms with Crippen molar-refractivity contribution in [3.8, 4) is 0 Å². The van der Waals surface area contributed by atoms with Gasteiger partial charge in [-0.15, -0.1) is 0 Å². The standard InChI is InChI=1S/C25H31FN2O3/c1-2-24(30)28-14-10-18-16-19(4-9-22(18)28)23(29)17-27-13-3-11-25(31,12-15-27)20-5-7-21(26)8-6-20/h4-9,16,23,29,31H,2-3,10-15,17H2,1H3/t23-,25+/m1/s1. The number of rotatable bonds is 5. The van der Waals surface area contributed by atoms with Crippen molar-refractivity contribution in [2.75, 3.05) is 31.1 Å². The van der Waals surface area contributed by atoms with E-state index in [1.54, 1.807) is 12.1 Å². The molecular weight excluding hydrogens is 395 g/mol. The van der Waals surface area contributed by atoms with Gasteiger partial charge in [0.15, 0.2) is 0 Å². The number of aliphatic hydroxyl groups is 2. The van der Waals surface area contributed by atoms with E-state index in [0.717, 1.165) is 41.8 Å². The van der Waals surface area contributed by atoms with Crippen LogP contribution in [0.5, 0.6) is 0 Å². The molecule has 5 nitrogen and oxygen atoms in total. The molecule has 166 valence electrons. The molecule has 0 saturated carbocycles. The lowest BCUT2D eigenvalue weighted by Gasteiger charge is -2.28. The topological polar surface area (TPSA) is 64.0 Å². The minimum Gasteiger partial charge on any atom is -0.387 e. The molecule has 6 heteroatoms. The number of benzene rings is 2. The number of nitrogens with zero attached hydrogens (tertiary/aromatic N) is 2. The van der Waals surface area contributed by atoms with Gasteiger partial charge in [-0.25, -0.2) is 4.39 Å². The molecule has 2 aromatic carbocycles. The molecule has 2 atom stereocenters. The highest BCUT2D eigenvalue weighted by Gasteiger charge is 2.32. The van der Waals surface area contributed by atoms with Crippen molar-refractivity contribution in [2.24, 2.45) is 0 Å². The average Bonchev–Trinajstić information content (AvgIpc) is 3.11. The minimum atomic E-state index is -0.962. The Morgan fingerprint density at radius 1 is 1.13 bits per heavy atom. The van der Waals surface area contributed by atoms with E-state index in [0.29, 0.717) is 38.9 Å². The van der Waals surface area contributed by atoms with Gasteiger partial charge in [-0.2, -0.15) is 0 Å². The van der Waals surface area contributed by atoms with E-state index in [2.05, 4.69) is 4.90 Å². The molecule has 0 unspecified atom stereocenters. The van der Waals surface area contributed by atoms with Gasteiger partial charge in [-0.05, 0) is 67.1 Å². The average molecular weight is 427 g/mol. The van der Waals surface area contributed by atoms with E-state index in [-0.39, 0.29) is 11.7 Å². The summed E-state index contributed by atoms with van der Waals surface area (Å²) in [5, 5.41) is 22.0. The summed E-state index contributed by atoms with van der Waals surface area (Å²) < 4.78 is 13.3. The van der Waals surface area contributed by atoms with Crippen LogP contribution in [0.1, 0.15) is 55.4 Å². The molecule has 2 heterocycles. The first-order valence-electron chi connectivity index (χ1n) is 11.2. The van der Waals surface area contributed by atoms with Crippen molar-refractivity contribution < 1.29 is 19.4 Å². The Kier molecular flexibility index (Phi) is 6.42. The predicted octanol–water partition coefficient (Wildman–Crippen LogP) is 3.53. The number of halogens is 1. The second-order valence-electron chi connectivity index (χ2n) is 8.75. The summed E-state index contributed by atoms with van der Waals surface area (Å²) in [4.78, 5) is 16.1. The van der Waals surface area contributed by atoms with Crippen molar-refractivity contribution >= 4 is 11.6 Å². The minimum absolute atomic E-state index is 0.130. The number of hydrogen-bond acceptors (Lipinski definition) is 4. The van der Waals surface area contributed by atoms with Crippen molar-refractivity contribution in [1.82, 2.24) is 4.90 Å². The summed E-state index contributed by atoms with van der Waals surface area (Å²) in [6, 6.07) is 12.0. The van der Waals surface area contributed by atoms with E-state index in [4.69, 9.17) is 0 Å². The smallest absolute Gasteiger partial charge is 0.226 e. The van der Waals surface area contributed by atoms with Crippen LogP contribution < -0.4 is 4.90 Å². The molecule has 2 aliphatic rings. The first-order chi connectivity index (χ1) is 14.9. The normalized spacial score (nSPS) is 22.8. The van der Waals surface area contributed by atoms with Crippen LogP contribution in [0, 0.1) is 5.82 Å². The van der Waals surface area contributed by atoms with Gasteiger partial charge in [0.05, 0.1) is 11.7 Å². The van der Waals surface area contributed by atoms with Crippen molar-refractivity contribution in [3.63, 3.8) is 0 Å². The fourth-order valence-corrected chi connectivity index (χ4v) is 4.84. The highest BCUT2D eigenvalue weighted by Crippen LogP contribution is 2.34. The number of β-amino-alcohol motifs (C(OH)–C–C–N with tert-alkyl or cyclic N) is 1. The summed E-state index contributed by atoms with van der Waals surface area (Å²) in [6.07, 6.45) is 2.64. The van der Waals surface area contributed by atoms with Gasteiger partial charge in [-0.1, -0.05) is 31.2 Å². The second kappa shape index (κ2) is 9.07. The van der Waals surface area contributed by atoms with Gasteiger partial charge in [0.2, 0.25) is 5.91 Å². The maximum Gasteiger partial charge on any atom is 0.226 e. The monoisotopic (exact) mass is 426 g/mol. The molecule has 1 saturated heterocycles. The van der Waals surface area contributed by atoms with Crippen molar-refractivity contribution in [3.05, 3.63) is 65.0 Å². The first-order valence-corrected chi connectivity index (χ1v) is 11.2. The molecule has 31 heavy (non-hydrogen) atoms. The molecule has 0 radical (unpaired) electrons. The maximum absolute atomic E-state index is 13.3. The highest BCUT2D eigenvalue weighted by molar-refractivity contribution is 5.95. The van der Waals surface area contributed by atoms with Gasteiger partial charge in [-0.3, -0.25) is 4.79 Å². The SMILES string of the molecule is CCC(=O)N1CCc2cc([C@H](O)CN3CCC[C@@](O)(c4ccc(F)cc4)CC3)ccc21. The number of anilines is 1. The first kappa shape index (κ1) is 21.9. The second-order valence-corrected chi connectivity index (χ2v) is 8.75. The van der Waals surface area contributed by atoms with Gasteiger partial charge in [0.1, 0.15) is 5.82 Å². The van der Waals surface area contributed by atoms with Crippen LogP contribution in [-0.2, 0) is 16.8 Å².